The van der Waals surface area contributed by atoms with Crippen LogP contribution >= 0.6 is 0 Å². The Bertz CT molecular complexity index is 242. The van der Waals surface area contributed by atoms with E-state index in [1.54, 1.807) is 0 Å². The minimum atomic E-state index is -0.0903. The highest BCUT2D eigenvalue weighted by molar-refractivity contribution is 5.23. The topological polar surface area (TPSA) is 65.2 Å². The van der Waals surface area contributed by atoms with Crippen LogP contribution in [0.3, 0.4) is 0 Å². The van der Waals surface area contributed by atoms with Gasteiger partial charge in [0.15, 0.2) is 0 Å². The lowest BCUT2D eigenvalue weighted by molar-refractivity contribution is 0.497. The first-order chi connectivity index (χ1) is 5.15. The first-order valence-electron chi connectivity index (χ1n) is 3.67. The molecule has 0 aromatic carbocycles. The van der Waals surface area contributed by atoms with Crippen LogP contribution in [0.2, 0.25) is 0 Å². The van der Waals surface area contributed by atoms with Gasteiger partial charge < -0.3 is 15.9 Å². The number of aryl methyl sites for hydroxylation is 2. The van der Waals surface area contributed by atoms with Crippen LogP contribution in [0.5, 0.6) is 0 Å². The lowest BCUT2D eigenvalue weighted by Crippen LogP contribution is -2.20. The summed E-state index contributed by atoms with van der Waals surface area (Å²) in [5, 5.41) is 0. The van der Waals surface area contributed by atoms with Gasteiger partial charge in [0.2, 0.25) is 0 Å². The van der Waals surface area contributed by atoms with Crippen molar-refractivity contribution in [2.75, 3.05) is 6.54 Å². The molecular formula is C8H14N2O. The second-order valence-corrected chi connectivity index (χ2v) is 2.71. The molecule has 0 aliphatic heterocycles. The highest BCUT2D eigenvalue weighted by Crippen LogP contribution is 2.18. The summed E-state index contributed by atoms with van der Waals surface area (Å²) in [6.45, 7) is 4.26. The summed E-state index contributed by atoms with van der Waals surface area (Å²) in [5.41, 5.74) is 12.2. The van der Waals surface area contributed by atoms with Crippen molar-refractivity contribution in [3.8, 4) is 0 Å². The zero-order chi connectivity index (χ0) is 8.43. The molecule has 3 nitrogen and oxygen atoms in total. The predicted molar refractivity (Wildman–Crippen MR) is 44.2 cm³/mol. The summed E-state index contributed by atoms with van der Waals surface area (Å²) >= 11 is 0. The predicted octanol–water partition coefficient (Wildman–Crippen LogP) is 0.855. The molecule has 0 fully saturated rings. The van der Waals surface area contributed by atoms with Gasteiger partial charge in [0.05, 0.1) is 0 Å². The van der Waals surface area contributed by atoms with Crippen molar-refractivity contribution in [3.05, 3.63) is 23.2 Å². The van der Waals surface area contributed by atoms with E-state index in [-0.39, 0.29) is 6.04 Å². The molecule has 1 aromatic rings. The standard InChI is InChI=1S/C8H14N2O/c1-5-3-7(6(2)11-5)8(10)4-9/h3,8H,4,9-10H2,1-2H3/t8-/m1/s1. The molecule has 62 valence electrons. The van der Waals surface area contributed by atoms with Gasteiger partial charge >= 0.3 is 0 Å². The molecule has 3 heteroatoms. The van der Waals surface area contributed by atoms with Crippen LogP contribution in [0.15, 0.2) is 10.5 Å². The molecule has 0 saturated heterocycles. The van der Waals surface area contributed by atoms with E-state index >= 15 is 0 Å². The Balaban J connectivity index is 2.93. The molecule has 0 bridgehead atoms. The molecule has 0 saturated carbocycles. The zero-order valence-electron chi connectivity index (χ0n) is 6.92. The Morgan fingerprint density at radius 2 is 2.18 bits per heavy atom. The van der Waals surface area contributed by atoms with Crippen molar-refractivity contribution >= 4 is 0 Å². The highest BCUT2D eigenvalue weighted by Gasteiger charge is 2.10. The van der Waals surface area contributed by atoms with Crippen molar-refractivity contribution in [1.29, 1.82) is 0 Å². The van der Waals surface area contributed by atoms with Crippen LogP contribution in [0.4, 0.5) is 0 Å². The molecule has 11 heavy (non-hydrogen) atoms. The fraction of sp³-hybridized carbons (Fsp3) is 0.500. The van der Waals surface area contributed by atoms with Gasteiger partial charge in [-0.05, 0) is 19.9 Å². The van der Waals surface area contributed by atoms with Crippen LogP contribution in [-0.4, -0.2) is 6.54 Å². The van der Waals surface area contributed by atoms with Gasteiger partial charge in [-0.2, -0.15) is 0 Å². The molecule has 0 aliphatic carbocycles. The zero-order valence-corrected chi connectivity index (χ0v) is 6.92. The molecule has 0 aliphatic rings. The van der Waals surface area contributed by atoms with Crippen LogP contribution in [0.1, 0.15) is 23.1 Å². The fourth-order valence-electron chi connectivity index (χ4n) is 1.15. The number of nitrogens with two attached hydrogens (primary N) is 2. The van der Waals surface area contributed by atoms with E-state index in [4.69, 9.17) is 15.9 Å². The lowest BCUT2D eigenvalue weighted by Gasteiger charge is -2.05. The smallest absolute Gasteiger partial charge is 0.105 e. The minimum absolute atomic E-state index is 0.0903. The Morgan fingerprint density at radius 1 is 1.55 bits per heavy atom. The average molecular weight is 154 g/mol. The van der Waals surface area contributed by atoms with Gasteiger partial charge in [0.1, 0.15) is 11.5 Å². The molecule has 1 heterocycles. The molecule has 1 atom stereocenters. The lowest BCUT2D eigenvalue weighted by atomic mass is 10.1. The van der Waals surface area contributed by atoms with Gasteiger partial charge in [-0.25, -0.2) is 0 Å². The SMILES string of the molecule is Cc1cc([C@H](N)CN)c(C)o1. The van der Waals surface area contributed by atoms with E-state index in [1.165, 1.54) is 0 Å². The number of rotatable bonds is 2. The van der Waals surface area contributed by atoms with E-state index < -0.39 is 0 Å². The average Bonchev–Trinajstić information content (AvgIpc) is 2.28. The third kappa shape index (κ3) is 1.61. The van der Waals surface area contributed by atoms with Crippen molar-refractivity contribution < 1.29 is 4.42 Å². The molecule has 0 unspecified atom stereocenters. The van der Waals surface area contributed by atoms with Crippen LogP contribution in [0.25, 0.3) is 0 Å². The quantitative estimate of drug-likeness (QED) is 0.663. The second-order valence-electron chi connectivity index (χ2n) is 2.71. The van der Waals surface area contributed by atoms with E-state index in [1.807, 2.05) is 19.9 Å². The second kappa shape index (κ2) is 3.07. The van der Waals surface area contributed by atoms with E-state index in [9.17, 15) is 0 Å². The Labute approximate surface area is 66.4 Å². The van der Waals surface area contributed by atoms with E-state index in [2.05, 4.69) is 0 Å². The van der Waals surface area contributed by atoms with Crippen molar-refractivity contribution in [3.63, 3.8) is 0 Å². The summed E-state index contributed by atoms with van der Waals surface area (Å²) in [4.78, 5) is 0. The molecule has 1 rings (SSSR count). The summed E-state index contributed by atoms with van der Waals surface area (Å²) in [7, 11) is 0. The summed E-state index contributed by atoms with van der Waals surface area (Å²) in [6, 6.07) is 1.85. The third-order valence-corrected chi connectivity index (χ3v) is 1.73. The van der Waals surface area contributed by atoms with Gasteiger partial charge in [0, 0.05) is 18.2 Å². The van der Waals surface area contributed by atoms with Crippen molar-refractivity contribution in [2.24, 2.45) is 11.5 Å². The molecule has 4 N–H and O–H groups in total. The van der Waals surface area contributed by atoms with Crippen molar-refractivity contribution in [2.45, 2.75) is 19.9 Å². The third-order valence-electron chi connectivity index (χ3n) is 1.73. The molecular weight excluding hydrogens is 140 g/mol. The highest BCUT2D eigenvalue weighted by atomic mass is 16.3. The largest absolute Gasteiger partial charge is 0.466 e. The van der Waals surface area contributed by atoms with Gasteiger partial charge in [-0.3, -0.25) is 0 Å². The maximum Gasteiger partial charge on any atom is 0.105 e. The summed E-state index contributed by atoms with van der Waals surface area (Å²) in [5.74, 6) is 1.77. The van der Waals surface area contributed by atoms with Gasteiger partial charge in [0.25, 0.3) is 0 Å². The van der Waals surface area contributed by atoms with Crippen LogP contribution < -0.4 is 11.5 Å². The molecule has 0 amide bonds. The van der Waals surface area contributed by atoms with Crippen LogP contribution in [-0.2, 0) is 0 Å². The summed E-state index contributed by atoms with van der Waals surface area (Å²) < 4.78 is 5.30. The maximum atomic E-state index is 5.72. The van der Waals surface area contributed by atoms with Crippen molar-refractivity contribution in [1.82, 2.24) is 0 Å². The number of hydrogen-bond acceptors (Lipinski definition) is 3. The Kier molecular flexibility index (Phi) is 2.31. The molecule has 0 radical (unpaired) electrons. The first kappa shape index (κ1) is 8.30. The number of hydrogen-bond donors (Lipinski definition) is 2. The maximum absolute atomic E-state index is 5.72. The first-order valence-corrected chi connectivity index (χ1v) is 3.67. The summed E-state index contributed by atoms with van der Waals surface area (Å²) in [6.07, 6.45) is 0. The van der Waals surface area contributed by atoms with Gasteiger partial charge in [-0.15, -0.1) is 0 Å². The fourth-order valence-corrected chi connectivity index (χ4v) is 1.15. The number of furan rings is 1. The normalized spacial score (nSPS) is 13.5. The van der Waals surface area contributed by atoms with Crippen LogP contribution in [0, 0.1) is 13.8 Å². The van der Waals surface area contributed by atoms with Gasteiger partial charge in [-0.1, -0.05) is 0 Å². The monoisotopic (exact) mass is 154 g/mol. The molecule has 0 spiro atoms. The minimum Gasteiger partial charge on any atom is -0.466 e. The van der Waals surface area contributed by atoms with E-state index in [0.29, 0.717) is 6.54 Å². The van der Waals surface area contributed by atoms with E-state index in [0.717, 1.165) is 17.1 Å². The Morgan fingerprint density at radius 3 is 2.55 bits per heavy atom. The molecule has 1 aromatic heterocycles. The Hall–Kier alpha value is -0.800.